The number of aromatic nitrogens is 1. The van der Waals surface area contributed by atoms with E-state index in [4.69, 9.17) is 4.99 Å². The van der Waals surface area contributed by atoms with Crippen LogP contribution in [-0.2, 0) is 6.42 Å². The molecule has 106 valence electrons. The van der Waals surface area contributed by atoms with Gasteiger partial charge in [-0.2, -0.15) is 5.26 Å². The first kappa shape index (κ1) is 14.0. The number of thiazole rings is 1. The van der Waals surface area contributed by atoms with E-state index in [1.165, 1.54) is 22.5 Å². The normalized spacial score (nSPS) is 19.1. The standard InChI is InChI=1S/C17H17N3S/c1-12-11-21-17(20-12)14(9-18)10-19-16-8-4-6-13-5-2-3-7-15(13)16/h2-3,5,7,10-11,14,16H,4,6,8H2,1H3/t14-,16-/m1/s1. The molecule has 0 saturated carbocycles. The van der Waals surface area contributed by atoms with E-state index in [2.05, 4.69) is 35.3 Å². The van der Waals surface area contributed by atoms with Crippen LogP contribution in [0.3, 0.4) is 0 Å². The minimum Gasteiger partial charge on any atom is -0.288 e. The molecule has 1 aliphatic carbocycles. The molecule has 1 aromatic carbocycles. The lowest BCUT2D eigenvalue weighted by Gasteiger charge is -2.22. The van der Waals surface area contributed by atoms with Gasteiger partial charge in [0.1, 0.15) is 10.9 Å². The Hall–Kier alpha value is -1.99. The first-order valence-electron chi connectivity index (χ1n) is 7.20. The zero-order valence-corrected chi connectivity index (χ0v) is 12.8. The average Bonchev–Trinajstić information content (AvgIpc) is 2.94. The van der Waals surface area contributed by atoms with Gasteiger partial charge in [-0.3, -0.25) is 4.99 Å². The fourth-order valence-electron chi connectivity index (χ4n) is 2.74. The zero-order chi connectivity index (χ0) is 14.7. The third-order valence-electron chi connectivity index (χ3n) is 3.79. The summed E-state index contributed by atoms with van der Waals surface area (Å²) >= 11 is 1.53. The molecule has 1 heterocycles. The molecule has 4 heteroatoms. The Balaban J connectivity index is 1.82. The number of fused-ring (bicyclic) bond motifs is 1. The molecule has 1 aromatic heterocycles. The molecule has 0 fully saturated rings. The Bertz CT molecular complexity index is 696. The molecule has 0 unspecified atom stereocenters. The summed E-state index contributed by atoms with van der Waals surface area (Å²) in [5.41, 5.74) is 3.67. The van der Waals surface area contributed by atoms with Gasteiger partial charge in [0.05, 0.1) is 12.1 Å². The summed E-state index contributed by atoms with van der Waals surface area (Å²) in [6.07, 6.45) is 5.13. The van der Waals surface area contributed by atoms with Crippen molar-refractivity contribution in [2.24, 2.45) is 4.99 Å². The highest BCUT2D eigenvalue weighted by molar-refractivity contribution is 7.09. The minimum atomic E-state index is -0.335. The van der Waals surface area contributed by atoms with E-state index in [0.717, 1.165) is 30.0 Å². The minimum absolute atomic E-state index is 0.187. The predicted molar refractivity (Wildman–Crippen MR) is 85.8 cm³/mol. The lowest BCUT2D eigenvalue weighted by Crippen LogP contribution is -2.09. The van der Waals surface area contributed by atoms with Crippen LogP contribution < -0.4 is 0 Å². The molecule has 2 aromatic rings. The Morgan fingerprint density at radius 2 is 2.33 bits per heavy atom. The molecule has 1 aliphatic rings. The van der Waals surface area contributed by atoms with E-state index in [0.29, 0.717) is 0 Å². The van der Waals surface area contributed by atoms with Crippen molar-refractivity contribution in [3.63, 3.8) is 0 Å². The van der Waals surface area contributed by atoms with Gasteiger partial charge in [0.25, 0.3) is 0 Å². The molecular weight excluding hydrogens is 278 g/mol. The highest BCUT2D eigenvalue weighted by Crippen LogP contribution is 2.32. The average molecular weight is 295 g/mol. The maximum absolute atomic E-state index is 9.34. The largest absolute Gasteiger partial charge is 0.288 e. The van der Waals surface area contributed by atoms with Crippen LogP contribution in [0.2, 0.25) is 0 Å². The van der Waals surface area contributed by atoms with Crippen molar-refractivity contribution >= 4 is 17.6 Å². The first-order valence-corrected chi connectivity index (χ1v) is 8.08. The molecular formula is C17H17N3S. The monoisotopic (exact) mass is 295 g/mol. The Morgan fingerprint density at radius 3 is 3.10 bits per heavy atom. The number of benzene rings is 1. The molecule has 0 N–H and O–H groups in total. The second-order valence-electron chi connectivity index (χ2n) is 5.34. The third-order valence-corrected chi connectivity index (χ3v) is 4.84. The Labute approximate surface area is 129 Å². The van der Waals surface area contributed by atoms with Crippen molar-refractivity contribution < 1.29 is 0 Å². The zero-order valence-electron chi connectivity index (χ0n) is 12.0. The van der Waals surface area contributed by atoms with Crippen LogP contribution >= 0.6 is 11.3 Å². The number of nitriles is 1. The van der Waals surface area contributed by atoms with Gasteiger partial charge in [0, 0.05) is 17.3 Å². The molecule has 21 heavy (non-hydrogen) atoms. The molecule has 0 amide bonds. The summed E-state index contributed by atoms with van der Waals surface area (Å²) in [5.74, 6) is -0.335. The summed E-state index contributed by atoms with van der Waals surface area (Å²) in [4.78, 5) is 9.10. The second-order valence-corrected chi connectivity index (χ2v) is 6.23. The van der Waals surface area contributed by atoms with Gasteiger partial charge in [-0.05, 0) is 37.3 Å². The van der Waals surface area contributed by atoms with Gasteiger partial charge >= 0.3 is 0 Å². The summed E-state index contributed by atoms with van der Waals surface area (Å²) in [5, 5.41) is 12.2. The van der Waals surface area contributed by atoms with Gasteiger partial charge in [-0.1, -0.05) is 24.3 Å². The van der Waals surface area contributed by atoms with Crippen LogP contribution in [0.5, 0.6) is 0 Å². The topological polar surface area (TPSA) is 49.0 Å². The van der Waals surface area contributed by atoms with E-state index >= 15 is 0 Å². The lowest BCUT2D eigenvalue weighted by atomic mass is 9.88. The fraction of sp³-hybridized carbons (Fsp3) is 0.353. The Kier molecular flexibility index (Phi) is 4.12. The smallest absolute Gasteiger partial charge is 0.133 e. The van der Waals surface area contributed by atoms with Gasteiger partial charge in [0.15, 0.2) is 0 Å². The van der Waals surface area contributed by atoms with E-state index in [1.807, 2.05) is 12.3 Å². The first-order chi connectivity index (χ1) is 10.3. The maximum Gasteiger partial charge on any atom is 0.133 e. The number of aryl methyl sites for hydroxylation is 2. The Morgan fingerprint density at radius 1 is 1.48 bits per heavy atom. The van der Waals surface area contributed by atoms with E-state index in [9.17, 15) is 5.26 Å². The molecule has 0 aliphatic heterocycles. The third kappa shape index (κ3) is 3.03. The van der Waals surface area contributed by atoms with E-state index in [-0.39, 0.29) is 12.0 Å². The van der Waals surface area contributed by atoms with Gasteiger partial charge in [0.2, 0.25) is 0 Å². The van der Waals surface area contributed by atoms with Gasteiger partial charge < -0.3 is 0 Å². The number of hydrogen-bond donors (Lipinski definition) is 0. The second kappa shape index (κ2) is 6.19. The highest BCUT2D eigenvalue weighted by Gasteiger charge is 2.19. The van der Waals surface area contributed by atoms with Crippen molar-refractivity contribution in [3.8, 4) is 6.07 Å². The molecule has 2 atom stereocenters. The molecule has 3 rings (SSSR count). The van der Waals surface area contributed by atoms with E-state index < -0.39 is 0 Å². The molecule has 0 saturated heterocycles. The highest BCUT2D eigenvalue weighted by atomic mass is 32.1. The van der Waals surface area contributed by atoms with Crippen molar-refractivity contribution in [2.75, 3.05) is 0 Å². The van der Waals surface area contributed by atoms with Gasteiger partial charge in [-0.15, -0.1) is 11.3 Å². The van der Waals surface area contributed by atoms with Crippen molar-refractivity contribution in [3.05, 3.63) is 51.5 Å². The van der Waals surface area contributed by atoms with Crippen LogP contribution in [-0.4, -0.2) is 11.2 Å². The summed E-state index contributed by atoms with van der Waals surface area (Å²) in [7, 11) is 0. The van der Waals surface area contributed by atoms with Crippen molar-refractivity contribution in [1.82, 2.24) is 4.98 Å². The van der Waals surface area contributed by atoms with E-state index in [1.54, 1.807) is 6.21 Å². The fourth-order valence-corrected chi connectivity index (χ4v) is 3.54. The van der Waals surface area contributed by atoms with Crippen LogP contribution in [0.4, 0.5) is 0 Å². The summed E-state index contributed by atoms with van der Waals surface area (Å²) in [6.45, 7) is 1.95. The molecule has 0 radical (unpaired) electrons. The van der Waals surface area contributed by atoms with Crippen molar-refractivity contribution in [1.29, 1.82) is 5.26 Å². The van der Waals surface area contributed by atoms with Crippen LogP contribution in [0.15, 0.2) is 34.6 Å². The summed E-state index contributed by atoms with van der Waals surface area (Å²) < 4.78 is 0. The number of nitrogens with zero attached hydrogens (tertiary/aromatic N) is 3. The molecule has 3 nitrogen and oxygen atoms in total. The summed E-state index contributed by atoms with van der Waals surface area (Å²) in [6, 6.07) is 11.0. The quantitative estimate of drug-likeness (QED) is 0.796. The number of aliphatic imine (C=N–C) groups is 1. The van der Waals surface area contributed by atoms with Crippen LogP contribution in [0, 0.1) is 18.3 Å². The maximum atomic E-state index is 9.34. The van der Waals surface area contributed by atoms with Crippen molar-refractivity contribution in [2.45, 2.75) is 38.1 Å². The lowest BCUT2D eigenvalue weighted by molar-refractivity contribution is 0.573. The predicted octanol–water partition coefficient (Wildman–Crippen LogP) is 4.21. The van der Waals surface area contributed by atoms with Crippen LogP contribution in [0.25, 0.3) is 0 Å². The number of rotatable bonds is 3. The van der Waals surface area contributed by atoms with Gasteiger partial charge in [-0.25, -0.2) is 4.98 Å². The number of hydrogen-bond acceptors (Lipinski definition) is 4. The van der Waals surface area contributed by atoms with Crippen LogP contribution in [0.1, 0.15) is 46.6 Å². The SMILES string of the molecule is Cc1csc([C@H](C#N)C=N[C@@H]2CCCc3ccccc32)n1. The molecule has 0 bridgehead atoms. The molecule has 0 spiro atoms.